The Morgan fingerprint density at radius 1 is 1.03 bits per heavy atom. The van der Waals surface area contributed by atoms with Gasteiger partial charge in [0.05, 0.1) is 30.9 Å². The van der Waals surface area contributed by atoms with Gasteiger partial charge < -0.3 is 19.5 Å². The Morgan fingerprint density at radius 2 is 1.76 bits per heavy atom. The number of nitrogens with one attached hydrogen (secondary N) is 1. The van der Waals surface area contributed by atoms with Gasteiger partial charge in [-0.25, -0.2) is 4.99 Å². The molecule has 1 saturated heterocycles. The second-order valence-corrected chi connectivity index (χ2v) is 9.40. The number of amides is 2. The van der Waals surface area contributed by atoms with Crippen molar-refractivity contribution in [3.05, 3.63) is 88.8 Å². The van der Waals surface area contributed by atoms with Crippen LogP contribution in [0.25, 0.3) is 6.08 Å². The standard InChI is InChI=1S/C29H29N3O5S/c1-20-8-10-22(11-9-20)30-27(33)19-37-25-7-5-4-6-21(25)18-26-28(34)32(16-17-35-2)29(38-26)31-23-12-14-24(36-3)15-13-23/h4-15,18H,16-17,19H2,1-3H3,(H,30,33)/b26-18-,31-29?. The first-order valence-corrected chi connectivity index (χ1v) is 12.8. The summed E-state index contributed by atoms with van der Waals surface area (Å²) in [7, 11) is 3.20. The lowest BCUT2D eigenvalue weighted by atomic mass is 10.2. The maximum atomic E-state index is 13.3. The van der Waals surface area contributed by atoms with Crippen LogP contribution in [0.4, 0.5) is 11.4 Å². The van der Waals surface area contributed by atoms with Crippen molar-refractivity contribution in [2.24, 2.45) is 4.99 Å². The highest BCUT2D eigenvalue weighted by molar-refractivity contribution is 8.18. The molecule has 1 aliphatic heterocycles. The van der Waals surface area contributed by atoms with E-state index >= 15 is 0 Å². The van der Waals surface area contributed by atoms with Crippen molar-refractivity contribution in [1.29, 1.82) is 0 Å². The average molecular weight is 532 g/mol. The third-order valence-electron chi connectivity index (χ3n) is 5.60. The summed E-state index contributed by atoms with van der Waals surface area (Å²) in [4.78, 5) is 32.5. The summed E-state index contributed by atoms with van der Waals surface area (Å²) in [5, 5.41) is 3.38. The molecule has 1 heterocycles. The number of carbonyl (C=O) groups excluding carboxylic acids is 2. The Labute approximate surface area is 226 Å². The Hall–Kier alpha value is -4.08. The Morgan fingerprint density at radius 3 is 2.47 bits per heavy atom. The lowest BCUT2D eigenvalue weighted by molar-refractivity contribution is -0.122. The SMILES string of the molecule is COCCN1C(=O)/C(=C/c2ccccc2OCC(=O)Nc2ccc(C)cc2)SC1=Nc1ccc(OC)cc1. The van der Waals surface area contributed by atoms with Crippen LogP contribution in [0.3, 0.4) is 0 Å². The van der Waals surface area contributed by atoms with E-state index in [4.69, 9.17) is 14.2 Å². The lowest BCUT2D eigenvalue weighted by Crippen LogP contribution is -2.32. The average Bonchev–Trinajstić information content (AvgIpc) is 3.21. The molecule has 4 rings (SSSR count). The number of amidine groups is 1. The predicted octanol–water partition coefficient (Wildman–Crippen LogP) is 5.27. The summed E-state index contributed by atoms with van der Waals surface area (Å²) < 4.78 is 16.2. The fourth-order valence-electron chi connectivity index (χ4n) is 3.59. The second-order valence-electron chi connectivity index (χ2n) is 8.39. The highest BCUT2D eigenvalue weighted by Crippen LogP contribution is 2.35. The molecule has 2 amide bonds. The number of thioether (sulfide) groups is 1. The Kier molecular flexibility index (Phi) is 9.18. The summed E-state index contributed by atoms with van der Waals surface area (Å²) in [6.07, 6.45) is 1.76. The first kappa shape index (κ1) is 27.0. The fourth-order valence-corrected chi connectivity index (χ4v) is 4.60. The van der Waals surface area contributed by atoms with Gasteiger partial charge >= 0.3 is 0 Å². The topological polar surface area (TPSA) is 89.5 Å². The molecule has 1 fully saturated rings. The van der Waals surface area contributed by atoms with E-state index < -0.39 is 0 Å². The molecule has 38 heavy (non-hydrogen) atoms. The minimum atomic E-state index is -0.276. The van der Waals surface area contributed by atoms with Crippen LogP contribution in [0.1, 0.15) is 11.1 Å². The number of hydrogen-bond acceptors (Lipinski definition) is 7. The number of aliphatic imine (C=N–C) groups is 1. The molecule has 1 N–H and O–H groups in total. The maximum absolute atomic E-state index is 13.3. The van der Waals surface area contributed by atoms with Crippen LogP contribution in [-0.4, -0.2) is 55.9 Å². The fraction of sp³-hybridized carbons (Fsp3) is 0.207. The molecule has 0 saturated carbocycles. The minimum absolute atomic E-state index is 0.167. The number of aryl methyl sites for hydroxylation is 1. The minimum Gasteiger partial charge on any atom is -0.497 e. The molecule has 0 aromatic heterocycles. The largest absolute Gasteiger partial charge is 0.497 e. The lowest BCUT2D eigenvalue weighted by Gasteiger charge is -2.14. The van der Waals surface area contributed by atoms with Crippen molar-refractivity contribution in [2.75, 3.05) is 39.3 Å². The number of methoxy groups -OCH3 is 2. The van der Waals surface area contributed by atoms with Gasteiger partial charge in [0.15, 0.2) is 11.8 Å². The van der Waals surface area contributed by atoms with Crippen LogP contribution in [0.5, 0.6) is 11.5 Å². The number of ether oxygens (including phenoxy) is 3. The Balaban J connectivity index is 1.51. The van der Waals surface area contributed by atoms with E-state index in [2.05, 4.69) is 10.3 Å². The molecule has 0 atom stereocenters. The summed E-state index contributed by atoms with van der Waals surface area (Å²) in [5.74, 6) is 0.773. The van der Waals surface area contributed by atoms with E-state index in [1.165, 1.54) is 11.8 Å². The van der Waals surface area contributed by atoms with Crippen LogP contribution in [0.2, 0.25) is 0 Å². The first-order chi connectivity index (χ1) is 18.5. The van der Waals surface area contributed by atoms with Crippen molar-refractivity contribution >= 4 is 46.2 Å². The number of carbonyl (C=O) groups is 2. The van der Waals surface area contributed by atoms with Gasteiger partial charge in [0.2, 0.25) is 0 Å². The highest BCUT2D eigenvalue weighted by atomic mass is 32.2. The second kappa shape index (κ2) is 12.9. The van der Waals surface area contributed by atoms with Gasteiger partial charge in [0.1, 0.15) is 11.5 Å². The normalized spacial score (nSPS) is 15.2. The van der Waals surface area contributed by atoms with Crippen LogP contribution in [0, 0.1) is 6.92 Å². The smallest absolute Gasteiger partial charge is 0.266 e. The third kappa shape index (κ3) is 7.02. The monoisotopic (exact) mass is 531 g/mol. The quantitative estimate of drug-likeness (QED) is 0.359. The molecule has 196 valence electrons. The number of nitrogens with zero attached hydrogens (tertiary/aromatic N) is 2. The zero-order chi connectivity index (χ0) is 26.9. The predicted molar refractivity (Wildman–Crippen MR) is 151 cm³/mol. The number of para-hydroxylation sites is 1. The molecular weight excluding hydrogens is 502 g/mol. The molecule has 3 aromatic rings. The van der Waals surface area contributed by atoms with E-state index in [0.29, 0.717) is 45.9 Å². The van der Waals surface area contributed by atoms with Crippen LogP contribution >= 0.6 is 11.8 Å². The molecule has 0 aliphatic carbocycles. The number of benzene rings is 3. The molecule has 0 radical (unpaired) electrons. The summed E-state index contributed by atoms with van der Waals surface area (Å²) in [6, 6.07) is 22.1. The van der Waals surface area contributed by atoms with Crippen molar-refractivity contribution in [2.45, 2.75) is 6.92 Å². The summed E-state index contributed by atoms with van der Waals surface area (Å²) >= 11 is 1.28. The van der Waals surface area contributed by atoms with Gasteiger partial charge in [0, 0.05) is 18.4 Å². The molecular formula is C29H29N3O5S. The van der Waals surface area contributed by atoms with E-state index in [9.17, 15) is 9.59 Å². The zero-order valence-electron chi connectivity index (χ0n) is 21.5. The molecule has 0 unspecified atom stereocenters. The first-order valence-electron chi connectivity index (χ1n) is 12.0. The Bertz CT molecular complexity index is 1340. The van der Waals surface area contributed by atoms with Gasteiger partial charge in [-0.2, -0.15) is 0 Å². The molecule has 9 heteroatoms. The highest BCUT2D eigenvalue weighted by Gasteiger charge is 2.33. The van der Waals surface area contributed by atoms with Crippen molar-refractivity contribution in [3.63, 3.8) is 0 Å². The molecule has 8 nitrogen and oxygen atoms in total. The zero-order valence-corrected chi connectivity index (χ0v) is 22.3. The van der Waals surface area contributed by atoms with E-state index in [1.54, 1.807) is 31.3 Å². The summed E-state index contributed by atoms with van der Waals surface area (Å²) in [5.41, 5.74) is 3.20. The van der Waals surface area contributed by atoms with Gasteiger partial charge in [-0.1, -0.05) is 35.9 Å². The van der Waals surface area contributed by atoms with Crippen LogP contribution in [0.15, 0.2) is 82.7 Å². The maximum Gasteiger partial charge on any atom is 0.266 e. The van der Waals surface area contributed by atoms with Crippen molar-refractivity contribution in [3.8, 4) is 11.5 Å². The van der Waals surface area contributed by atoms with Crippen molar-refractivity contribution < 1.29 is 23.8 Å². The number of anilines is 1. The number of rotatable bonds is 10. The molecule has 3 aromatic carbocycles. The van der Waals surface area contributed by atoms with Crippen LogP contribution < -0.4 is 14.8 Å². The van der Waals surface area contributed by atoms with Gasteiger partial charge in [-0.15, -0.1) is 0 Å². The van der Waals surface area contributed by atoms with E-state index in [1.807, 2.05) is 73.7 Å². The molecule has 1 aliphatic rings. The van der Waals surface area contributed by atoms with E-state index in [0.717, 1.165) is 11.3 Å². The van der Waals surface area contributed by atoms with Gasteiger partial charge in [-0.05, 0) is 67.2 Å². The van der Waals surface area contributed by atoms with Crippen LogP contribution in [-0.2, 0) is 14.3 Å². The van der Waals surface area contributed by atoms with Crippen molar-refractivity contribution in [1.82, 2.24) is 4.90 Å². The summed E-state index contributed by atoms with van der Waals surface area (Å²) in [6.45, 7) is 2.56. The molecule has 0 spiro atoms. The van der Waals surface area contributed by atoms with Gasteiger partial charge in [0.25, 0.3) is 11.8 Å². The van der Waals surface area contributed by atoms with Gasteiger partial charge in [-0.3, -0.25) is 14.5 Å². The third-order valence-corrected chi connectivity index (χ3v) is 6.61. The molecule has 0 bridgehead atoms. The van der Waals surface area contributed by atoms with E-state index in [-0.39, 0.29) is 18.4 Å². The number of hydrogen-bond donors (Lipinski definition) is 1.